The molecule has 0 aromatic heterocycles. The first-order valence-corrected chi connectivity index (χ1v) is 6.99. The van der Waals surface area contributed by atoms with Crippen molar-refractivity contribution in [3.8, 4) is 5.75 Å². The highest BCUT2D eigenvalue weighted by Crippen LogP contribution is 2.22. The summed E-state index contributed by atoms with van der Waals surface area (Å²) >= 11 is 0. The molecule has 0 spiro atoms. The zero-order valence-corrected chi connectivity index (χ0v) is 12.6. The van der Waals surface area contributed by atoms with Gasteiger partial charge in [-0.2, -0.15) is 0 Å². The van der Waals surface area contributed by atoms with Crippen LogP contribution < -0.4 is 0 Å². The predicted octanol–water partition coefficient (Wildman–Crippen LogP) is 4.32. The SMILES string of the molecule is C=CC(C)CCCC(C)(C)OC(=O)c1ccc(O)cc1. The molecule has 0 aliphatic rings. The van der Waals surface area contributed by atoms with Crippen LogP contribution in [0.3, 0.4) is 0 Å². The van der Waals surface area contributed by atoms with Crippen LogP contribution in [0, 0.1) is 5.92 Å². The largest absolute Gasteiger partial charge is 0.508 e. The number of allylic oxidation sites excluding steroid dienone is 1. The summed E-state index contributed by atoms with van der Waals surface area (Å²) < 4.78 is 5.53. The van der Waals surface area contributed by atoms with Gasteiger partial charge in [-0.1, -0.05) is 13.0 Å². The number of rotatable bonds is 7. The van der Waals surface area contributed by atoms with Gasteiger partial charge in [0.25, 0.3) is 0 Å². The lowest BCUT2D eigenvalue weighted by atomic mass is 9.96. The van der Waals surface area contributed by atoms with Crippen LogP contribution >= 0.6 is 0 Å². The maximum Gasteiger partial charge on any atom is 0.338 e. The van der Waals surface area contributed by atoms with Gasteiger partial charge >= 0.3 is 5.97 Å². The number of phenols is 1. The van der Waals surface area contributed by atoms with Gasteiger partial charge in [0.2, 0.25) is 0 Å². The highest BCUT2D eigenvalue weighted by molar-refractivity contribution is 5.89. The molecule has 1 N–H and O–H groups in total. The lowest BCUT2D eigenvalue weighted by molar-refractivity contribution is -0.00565. The van der Waals surface area contributed by atoms with Gasteiger partial charge in [0.1, 0.15) is 11.4 Å². The molecule has 1 aromatic rings. The van der Waals surface area contributed by atoms with E-state index < -0.39 is 5.60 Å². The Hall–Kier alpha value is -1.77. The number of hydrogen-bond donors (Lipinski definition) is 1. The number of ether oxygens (including phenoxy) is 1. The quantitative estimate of drug-likeness (QED) is 0.596. The maximum atomic E-state index is 12.0. The first kappa shape index (κ1) is 16.3. The van der Waals surface area contributed by atoms with Gasteiger partial charge in [0.05, 0.1) is 5.56 Å². The van der Waals surface area contributed by atoms with Crippen LogP contribution in [-0.2, 0) is 4.74 Å². The summed E-state index contributed by atoms with van der Waals surface area (Å²) in [4.78, 5) is 12.0. The van der Waals surface area contributed by atoms with E-state index in [1.54, 1.807) is 12.1 Å². The molecular formula is C17H24O3. The van der Waals surface area contributed by atoms with Crippen molar-refractivity contribution in [3.05, 3.63) is 42.5 Å². The molecule has 0 bridgehead atoms. The molecule has 0 amide bonds. The zero-order valence-electron chi connectivity index (χ0n) is 12.6. The van der Waals surface area contributed by atoms with Crippen molar-refractivity contribution in [2.24, 2.45) is 5.92 Å². The van der Waals surface area contributed by atoms with E-state index in [1.807, 2.05) is 19.9 Å². The predicted molar refractivity (Wildman–Crippen MR) is 80.8 cm³/mol. The van der Waals surface area contributed by atoms with E-state index in [-0.39, 0.29) is 11.7 Å². The summed E-state index contributed by atoms with van der Waals surface area (Å²) in [7, 11) is 0. The van der Waals surface area contributed by atoms with Gasteiger partial charge in [-0.3, -0.25) is 0 Å². The Morgan fingerprint density at radius 2 is 2.00 bits per heavy atom. The summed E-state index contributed by atoms with van der Waals surface area (Å²) in [5.41, 5.74) is -0.0362. The van der Waals surface area contributed by atoms with Crippen LogP contribution in [0.15, 0.2) is 36.9 Å². The summed E-state index contributed by atoms with van der Waals surface area (Å²) in [6, 6.07) is 6.09. The number of hydrogen-bond acceptors (Lipinski definition) is 3. The highest BCUT2D eigenvalue weighted by Gasteiger charge is 2.23. The van der Waals surface area contributed by atoms with Crippen LogP contribution in [0.5, 0.6) is 5.75 Å². The lowest BCUT2D eigenvalue weighted by Gasteiger charge is -2.25. The Morgan fingerprint density at radius 1 is 1.40 bits per heavy atom. The van der Waals surface area contributed by atoms with Crippen molar-refractivity contribution in [1.29, 1.82) is 0 Å². The number of benzene rings is 1. The van der Waals surface area contributed by atoms with Crippen molar-refractivity contribution in [1.82, 2.24) is 0 Å². The molecule has 0 saturated heterocycles. The minimum atomic E-state index is -0.490. The first-order chi connectivity index (χ1) is 9.34. The highest BCUT2D eigenvalue weighted by atomic mass is 16.6. The van der Waals surface area contributed by atoms with Crippen LogP contribution in [-0.4, -0.2) is 16.7 Å². The minimum absolute atomic E-state index is 0.138. The average molecular weight is 276 g/mol. The van der Waals surface area contributed by atoms with Crippen LogP contribution in [0.1, 0.15) is 50.4 Å². The molecular weight excluding hydrogens is 252 g/mol. The summed E-state index contributed by atoms with van der Waals surface area (Å²) in [5.74, 6) is 0.268. The molecule has 0 radical (unpaired) electrons. The Kier molecular flexibility index (Phi) is 5.81. The number of carbonyl (C=O) groups excluding carboxylic acids is 1. The third kappa shape index (κ3) is 5.47. The van der Waals surface area contributed by atoms with Crippen molar-refractivity contribution >= 4 is 5.97 Å². The van der Waals surface area contributed by atoms with Gasteiger partial charge in [-0.15, -0.1) is 6.58 Å². The monoisotopic (exact) mass is 276 g/mol. The van der Waals surface area contributed by atoms with E-state index in [0.29, 0.717) is 11.5 Å². The Labute approximate surface area is 121 Å². The molecule has 3 heteroatoms. The van der Waals surface area contributed by atoms with Crippen molar-refractivity contribution in [2.75, 3.05) is 0 Å². The van der Waals surface area contributed by atoms with Crippen LogP contribution in [0.2, 0.25) is 0 Å². The summed E-state index contributed by atoms with van der Waals surface area (Å²) in [6.45, 7) is 9.73. The molecule has 1 unspecified atom stereocenters. The van der Waals surface area contributed by atoms with E-state index in [9.17, 15) is 9.90 Å². The third-order valence-corrected chi connectivity index (χ3v) is 3.31. The number of esters is 1. The number of phenolic OH excluding ortho intramolecular Hbond substituents is 1. The van der Waals surface area contributed by atoms with Crippen molar-refractivity contribution in [2.45, 2.75) is 45.6 Å². The van der Waals surface area contributed by atoms with Gasteiger partial charge in [0, 0.05) is 0 Å². The zero-order chi connectivity index (χ0) is 15.2. The molecule has 110 valence electrons. The average Bonchev–Trinajstić information content (AvgIpc) is 2.38. The maximum absolute atomic E-state index is 12.0. The second-order valence-corrected chi connectivity index (χ2v) is 5.80. The summed E-state index contributed by atoms with van der Waals surface area (Å²) in [6.07, 6.45) is 4.79. The molecule has 0 saturated carbocycles. The fraction of sp³-hybridized carbons (Fsp3) is 0.471. The molecule has 0 heterocycles. The Morgan fingerprint density at radius 3 is 2.55 bits per heavy atom. The Bertz CT molecular complexity index is 446. The molecule has 20 heavy (non-hydrogen) atoms. The van der Waals surface area contributed by atoms with Crippen molar-refractivity contribution in [3.63, 3.8) is 0 Å². The molecule has 0 fully saturated rings. The molecule has 1 rings (SSSR count). The molecule has 3 nitrogen and oxygen atoms in total. The third-order valence-electron chi connectivity index (χ3n) is 3.31. The second kappa shape index (κ2) is 7.13. The molecule has 0 aliphatic heterocycles. The van der Waals surface area contributed by atoms with E-state index >= 15 is 0 Å². The van der Waals surface area contributed by atoms with E-state index in [0.717, 1.165) is 19.3 Å². The van der Waals surface area contributed by atoms with Gasteiger partial charge in [0.15, 0.2) is 0 Å². The standard InChI is InChI=1S/C17H24O3/c1-5-13(2)7-6-12-17(3,4)20-16(19)14-8-10-15(18)11-9-14/h5,8-11,13,18H,1,6-7,12H2,2-4H3. The lowest BCUT2D eigenvalue weighted by Crippen LogP contribution is -2.28. The van der Waals surface area contributed by atoms with E-state index in [4.69, 9.17) is 4.74 Å². The van der Waals surface area contributed by atoms with Crippen molar-refractivity contribution < 1.29 is 14.6 Å². The fourth-order valence-corrected chi connectivity index (χ4v) is 1.93. The smallest absolute Gasteiger partial charge is 0.338 e. The molecule has 0 aliphatic carbocycles. The minimum Gasteiger partial charge on any atom is -0.508 e. The molecule has 1 aromatic carbocycles. The second-order valence-electron chi connectivity index (χ2n) is 5.80. The van der Waals surface area contributed by atoms with E-state index in [1.165, 1.54) is 12.1 Å². The van der Waals surface area contributed by atoms with Crippen LogP contribution in [0.25, 0.3) is 0 Å². The van der Waals surface area contributed by atoms with Gasteiger partial charge in [-0.25, -0.2) is 4.79 Å². The fourth-order valence-electron chi connectivity index (χ4n) is 1.93. The first-order valence-electron chi connectivity index (χ1n) is 6.99. The van der Waals surface area contributed by atoms with Gasteiger partial charge in [-0.05, 0) is 63.3 Å². The summed E-state index contributed by atoms with van der Waals surface area (Å²) in [5, 5.41) is 9.20. The normalized spacial score (nSPS) is 12.8. The van der Waals surface area contributed by atoms with Gasteiger partial charge < -0.3 is 9.84 Å². The number of carbonyl (C=O) groups is 1. The topological polar surface area (TPSA) is 46.5 Å². The Balaban J connectivity index is 2.50. The number of aromatic hydroxyl groups is 1. The molecule has 1 atom stereocenters. The van der Waals surface area contributed by atoms with E-state index in [2.05, 4.69) is 13.5 Å². The van der Waals surface area contributed by atoms with Crippen LogP contribution in [0.4, 0.5) is 0 Å².